The maximum Gasteiger partial charge on any atom is 0.163 e. The van der Waals surface area contributed by atoms with Gasteiger partial charge in [-0.2, -0.15) is 0 Å². The van der Waals surface area contributed by atoms with Gasteiger partial charge in [0.15, 0.2) is 5.82 Å². The lowest BCUT2D eigenvalue weighted by molar-refractivity contribution is 0.412. The number of hydrogen-bond acceptors (Lipinski definition) is 5. The summed E-state index contributed by atoms with van der Waals surface area (Å²) in [5.74, 6) is 1.23. The Labute approximate surface area is 120 Å². The molecule has 0 aliphatic rings. The highest BCUT2D eigenvalue weighted by molar-refractivity contribution is 6.29. The molecule has 1 N–H and O–H groups in total. The number of nitrogens with zero attached hydrogens (tertiary/aromatic N) is 3. The van der Waals surface area contributed by atoms with Gasteiger partial charge in [0, 0.05) is 17.7 Å². The van der Waals surface area contributed by atoms with Crippen molar-refractivity contribution in [2.75, 3.05) is 5.32 Å². The number of halogens is 1. The second-order valence-electron chi connectivity index (χ2n) is 4.11. The van der Waals surface area contributed by atoms with E-state index in [2.05, 4.69) is 20.4 Å². The first-order valence-corrected chi connectivity index (χ1v) is 6.42. The highest BCUT2D eigenvalue weighted by Gasteiger charge is 2.06. The highest BCUT2D eigenvalue weighted by atomic mass is 35.5. The lowest BCUT2D eigenvalue weighted by Crippen LogP contribution is -2.03. The number of benzene rings is 1. The van der Waals surface area contributed by atoms with Gasteiger partial charge in [0.05, 0.1) is 6.54 Å². The van der Waals surface area contributed by atoms with Crippen molar-refractivity contribution < 1.29 is 4.52 Å². The molecule has 100 valence electrons. The van der Waals surface area contributed by atoms with Crippen LogP contribution < -0.4 is 5.32 Å². The minimum Gasteiger partial charge on any atom is -0.364 e. The van der Waals surface area contributed by atoms with Gasteiger partial charge in [-0.1, -0.05) is 47.1 Å². The molecule has 0 bridgehead atoms. The molecule has 0 aliphatic carbocycles. The Kier molecular flexibility index (Phi) is 3.60. The van der Waals surface area contributed by atoms with Gasteiger partial charge >= 0.3 is 0 Å². The molecule has 1 aromatic carbocycles. The second-order valence-corrected chi connectivity index (χ2v) is 4.50. The van der Waals surface area contributed by atoms with Gasteiger partial charge in [0.1, 0.15) is 22.9 Å². The van der Waals surface area contributed by atoms with Crippen molar-refractivity contribution in [1.82, 2.24) is 15.1 Å². The lowest BCUT2D eigenvalue weighted by atomic mass is 10.2. The van der Waals surface area contributed by atoms with Crippen LogP contribution in [0.4, 0.5) is 5.82 Å². The van der Waals surface area contributed by atoms with Crippen molar-refractivity contribution in [3.63, 3.8) is 0 Å². The quantitative estimate of drug-likeness (QED) is 0.745. The average Bonchev–Trinajstić information content (AvgIpc) is 2.99. The molecule has 0 aliphatic heterocycles. The van der Waals surface area contributed by atoms with Crippen LogP contribution in [0.15, 0.2) is 53.3 Å². The summed E-state index contributed by atoms with van der Waals surface area (Å²) < 4.78 is 4.77. The van der Waals surface area contributed by atoms with Crippen LogP contribution in [0.1, 0.15) is 5.69 Å². The normalized spacial score (nSPS) is 10.4. The van der Waals surface area contributed by atoms with E-state index in [1.54, 1.807) is 12.1 Å². The molecule has 5 nitrogen and oxygen atoms in total. The number of aromatic nitrogens is 3. The molecule has 20 heavy (non-hydrogen) atoms. The fourth-order valence-electron chi connectivity index (χ4n) is 1.73. The molecular weight excluding hydrogens is 276 g/mol. The summed E-state index contributed by atoms with van der Waals surface area (Å²) in [7, 11) is 0. The molecule has 0 atom stereocenters. The van der Waals surface area contributed by atoms with Crippen LogP contribution in [0.2, 0.25) is 5.15 Å². The van der Waals surface area contributed by atoms with Crippen LogP contribution in [0.5, 0.6) is 0 Å². The van der Waals surface area contributed by atoms with Crippen LogP contribution in [-0.4, -0.2) is 15.1 Å². The molecule has 0 radical (unpaired) electrons. The smallest absolute Gasteiger partial charge is 0.163 e. The molecule has 2 aromatic heterocycles. The van der Waals surface area contributed by atoms with E-state index in [0.717, 1.165) is 11.3 Å². The molecule has 0 unspecified atom stereocenters. The van der Waals surface area contributed by atoms with Gasteiger partial charge in [0.2, 0.25) is 0 Å². The first kappa shape index (κ1) is 12.6. The largest absolute Gasteiger partial charge is 0.364 e. The van der Waals surface area contributed by atoms with Gasteiger partial charge in [0.25, 0.3) is 0 Å². The Balaban J connectivity index is 1.83. The molecule has 0 saturated carbocycles. The minimum absolute atomic E-state index is 0.390. The first-order chi connectivity index (χ1) is 9.81. The standard InChI is InChI=1S/C14H11ClN4O/c15-12-8-13(16-9-11-6-7-20-19-11)18-14(17-12)10-4-2-1-3-5-10/h1-8H,9H2,(H,16,17,18). The summed E-state index contributed by atoms with van der Waals surface area (Å²) in [4.78, 5) is 8.67. The van der Waals surface area contributed by atoms with E-state index in [-0.39, 0.29) is 0 Å². The Hall–Kier alpha value is -2.40. The zero-order valence-electron chi connectivity index (χ0n) is 10.5. The van der Waals surface area contributed by atoms with Crippen LogP contribution >= 0.6 is 11.6 Å². The van der Waals surface area contributed by atoms with E-state index in [0.29, 0.717) is 23.3 Å². The SMILES string of the molecule is Clc1cc(NCc2ccon2)nc(-c2ccccc2)n1. The third-order valence-electron chi connectivity index (χ3n) is 2.67. The van der Waals surface area contributed by atoms with Gasteiger partial charge in [-0.05, 0) is 0 Å². The van der Waals surface area contributed by atoms with Crippen molar-refractivity contribution in [3.8, 4) is 11.4 Å². The highest BCUT2D eigenvalue weighted by Crippen LogP contribution is 2.20. The van der Waals surface area contributed by atoms with Crippen molar-refractivity contribution >= 4 is 17.4 Å². The molecule has 3 aromatic rings. The Morgan fingerprint density at radius 1 is 1.10 bits per heavy atom. The number of anilines is 1. The predicted molar refractivity (Wildman–Crippen MR) is 76.3 cm³/mol. The van der Waals surface area contributed by atoms with Gasteiger partial charge in [-0.25, -0.2) is 9.97 Å². The molecule has 0 saturated heterocycles. The topological polar surface area (TPSA) is 63.8 Å². The van der Waals surface area contributed by atoms with E-state index < -0.39 is 0 Å². The van der Waals surface area contributed by atoms with E-state index in [9.17, 15) is 0 Å². The zero-order chi connectivity index (χ0) is 13.8. The third-order valence-corrected chi connectivity index (χ3v) is 2.86. The van der Waals surface area contributed by atoms with Crippen LogP contribution in [0, 0.1) is 0 Å². The summed E-state index contributed by atoms with van der Waals surface area (Å²) in [6.07, 6.45) is 1.53. The molecule has 0 fully saturated rings. The van der Waals surface area contributed by atoms with Crippen molar-refractivity contribution in [1.29, 1.82) is 0 Å². The van der Waals surface area contributed by atoms with Crippen LogP contribution in [-0.2, 0) is 6.54 Å². The van der Waals surface area contributed by atoms with Crippen LogP contribution in [0.3, 0.4) is 0 Å². The van der Waals surface area contributed by atoms with Crippen molar-refractivity contribution in [2.45, 2.75) is 6.54 Å². The Morgan fingerprint density at radius 2 is 1.95 bits per heavy atom. The second kappa shape index (κ2) is 5.71. The minimum atomic E-state index is 0.390. The Bertz CT molecular complexity index is 686. The summed E-state index contributed by atoms with van der Waals surface area (Å²) in [5, 5.41) is 7.35. The maximum atomic E-state index is 6.04. The van der Waals surface area contributed by atoms with E-state index >= 15 is 0 Å². The predicted octanol–water partition coefficient (Wildman–Crippen LogP) is 3.40. The summed E-state index contributed by atoms with van der Waals surface area (Å²) in [5.41, 5.74) is 1.71. The van der Waals surface area contributed by atoms with Crippen LogP contribution in [0.25, 0.3) is 11.4 Å². The van der Waals surface area contributed by atoms with E-state index in [4.69, 9.17) is 16.1 Å². The summed E-state index contributed by atoms with van der Waals surface area (Å²) in [6, 6.07) is 13.1. The number of rotatable bonds is 4. The fraction of sp³-hybridized carbons (Fsp3) is 0.0714. The van der Waals surface area contributed by atoms with Crippen molar-refractivity contribution in [2.24, 2.45) is 0 Å². The molecule has 2 heterocycles. The lowest BCUT2D eigenvalue weighted by Gasteiger charge is -2.06. The van der Waals surface area contributed by atoms with Gasteiger partial charge in [-0.15, -0.1) is 0 Å². The van der Waals surface area contributed by atoms with E-state index in [1.165, 1.54) is 6.26 Å². The average molecular weight is 287 g/mol. The molecule has 0 amide bonds. The summed E-state index contributed by atoms with van der Waals surface area (Å²) in [6.45, 7) is 0.512. The monoisotopic (exact) mass is 286 g/mol. The van der Waals surface area contributed by atoms with Gasteiger partial charge < -0.3 is 9.84 Å². The fourth-order valence-corrected chi connectivity index (χ4v) is 1.92. The number of hydrogen-bond donors (Lipinski definition) is 1. The first-order valence-electron chi connectivity index (χ1n) is 6.04. The maximum absolute atomic E-state index is 6.04. The molecule has 3 rings (SSSR count). The van der Waals surface area contributed by atoms with Gasteiger partial charge in [-0.3, -0.25) is 0 Å². The third kappa shape index (κ3) is 2.95. The van der Waals surface area contributed by atoms with E-state index in [1.807, 2.05) is 30.3 Å². The number of nitrogens with one attached hydrogen (secondary N) is 1. The van der Waals surface area contributed by atoms with Crippen molar-refractivity contribution in [3.05, 3.63) is 59.6 Å². The molecular formula is C14H11ClN4O. The Morgan fingerprint density at radius 3 is 2.70 bits per heavy atom. The summed E-state index contributed by atoms with van der Waals surface area (Å²) >= 11 is 6.04. The molecule has 0 spiro atoms. The molecule has 6 heteroatoms. The zero-order valence-corrected chi connectivity index (χ0v) is 11.2.